The van der Waals surface area contributed by atoms with Crippen molar-refractivity contribution >= 4 is 22.4 Å². The van der Waals surface area contributed by atoms with Crippen molar-refractivity contribution in [2.75, 3.05) is 13.2 Å². The van der Waals surface area contributed by atoms with Crippen LogP contribution in [0, 0.1) is 0 Å². The smallest absolute Gasteiger partial charge is 0.181 e. The highest BCUT2D eigenvalue weighted by Gasteiger charge is 2.21. The topological polar surface area (TPSA) is 61.6 Å². The molecule has 3 rings (SSSR count). The molecule has 1 aromatic carbocycles. The summed E-state index contributed by atoms with van der Waals surface area (Å²) in [5.41, 5.74) is 0.694. The standard InChI is InChI=1S/C15H16ClNO4S/c1-9(2)15-11(17-8-21-15)7-22(18)14-6-13-12(5-10(14)16)19-3-4-20-13/h5-6,8-9H,3-4,7H2,1-2H3/t22-/m0/s1. The zero-order valence-corrected chi connectivity index (χ0v) is 13.9. The summed E-state index contributed by atoms with van der Waals surface area (Å²) in [6.07, 6.45) is 1.38. The van der Waals surface area contributed by atoms with Crippen LogP contribution in [0.2, 0.25) is 5.02 Å². The molecule has 0 saturated carbocycles. The number of fused-ring (bicyclic) bond motifs is 1. The van der Waals surface area contributed by atoms with Gasteiger partial charge < -0.3 is 13.9 Å². The second-order valence-electron chi connectivity index (χ2n) is 5.23. The monoisotopic (exact) mass is 341 g/mol. The second-order valence-corrected chi connectivity index (χ2v) is 7.06. The van der Waals surface area contributed by atoms with Gasteiger partial charge in [-0.25, -0.2) is 4.98 Å². The van der Waals surface area contributed by atoms with Gasteiger partial charge in [-0.2, -0.15) is 0 Å². The molecule has 2 aromatic rings. The predicted molar refractivity (Wildman–Crippen MR) is 83.1 cm³/mol. The predicted octanol–water partition coefficient (Wildman–Crippen LogP) is 3.53. The van der Waals surface area contributed by atoms with Crippen molar-refractivity contribution in [2.45, 2.75) is 30.4 Å². The van der Waals surface area contributed by atoms with Crippen LogP contribution in [-0.4, -0.2) is 22.4 Å². The van der Waals surface area contributed by atoms with E-state index < -0.39 is 10.8 Å². The van der Waals surface area contributed by atoms with E-state index in [1.165, 1.54) is 6.39 Å². The molecule has 5 nitrogen and oxygen atoms in total. The van der Waals surface area contributed by atoms with Gasteiger partial charge in [-0.3, -0.25) is 4.21 Å². The minimum Gasteiger partial charge on any atom is -0.486 e. The van der Waals surface area contributed by atoms with Crippen LogP contribution in [0.1, 0.15) is 31.2 Å². The molecular weight excluding hydrogens is 326 g/mol. The third-order valence-corrected chi connectivity index (χ3v) is 5.10. The first-order chi connectivity index (χ1) is 10.6. The second kappa shape index (κ2) is 6.30. The quantitative estimate of drug-likeness (QED) is 0.851. The van der Waals surface area contributed by atoms with E-state index in [4.69, 9.17) is 25.5 Å². The van der Waals surface area contributed by atoms with E-state index in [1.54, 1.807) is 12.1 Å². The summed E-state index contributed by atoms with van der Waals surface area (Å²) < 4.78 is 29.0. The number of benzene rings is 1. The molecular formula is C15H16ClNO4S. The van der Waals surface area contributed by atoms with Crippen molar-refractivity contribution in [2.24, 2.45) is 0 Å². The molecule has 22 heavy (non-hydrogen) atoms. The zero-order chi connectivity index (χ0) is 15.7. The maximum atomic E-state index is 12.6. The van der Waals surface area contributed by atoms with Crippen LogP contribution in [-0.2, 0) is 16.6 Å². The number of nitrogens with zero attached hydrogens (tertiary/aromatic N) is 1. The Kier molecular flexibility index (Phi) is 4.40. The fraction of sp³-hybridized carbons (Fsp3) is 0.400. The maximum absolute atomic E-state index is 12.6. The summed E-state index contributed by atoms with van der Waals surface area (Å²) in [7, 11) is -1.34. The van der Waals surface area contributed by atoms with Crippen LogP contribution in [0.4, 0.5) is 0 Å². The average molecular weight is 342 g/mol. The highest BCUT2D eigenvalue weighted by atomic mass is 35.5. The van der Waals surface area contributed by atoms with Crippen molar-refractivity contribution < 1.29 is 18.1 Å². The van der Waals surface area contributed by atoms with E-state index in [2.05, 4.69) is 4.98 Å². The van der Waals surface area contributed by atoms with Crippen molar-refractivity contribution in [3.05, 3.63) is 35.0 Å². The normalized spacial score (nSPS) is 15.1. The molecule has 0 saturated heterocycles. The molecule has 7 heteroatoms. The summed E-state index contributed by atoms with van der Waals surface area (Å²) in [5.74, 6) is 2.35. The fourth-order valence-corrected chi connectivity index (χ4v) is 3.83. The zero-order valence-electron chi connectivity index (χ0n) is 12.3. The highest BCUT2D eigenvalue weighted by molar-refractivity contribution is 7.84. The highest BCUT2D eigenvalue weighted by Crippen LogP contribution is 2.37. The maximum Gasteiger partial charge on any atom is 0.181 e. The van der Waals surface area contributed by atoms with Crippen LogP contribution in [0.3, 0.4) is 0 Å². The molecule has 1 aliphatic rings. The van der Waals surface area contributed by atoms with E-state index in [1.807, 2.05) is 13.8 Å². The average Bonchev–Trinajstić information content (AvgIpc) is 2.94. The van der Waals surface area contributed by atoms with Gasteiger partial charge in [0.15, 0.2) is 17.9 Å². The molecule has 0 amide bonds. The van der Waals surface area contributed by atoms with Gasteiger partial charge in [0.25, 0.3) is 0 Å². The number of hydrogen-bond acceptors (Lipinski definition) is 5. The van der Waals surface area contributed by atoms with Crippen LogP contribution in [0.15, 0.2) is 27.8 Å². The molecule has 2 heterocycles. The molecule has 1 atom stereocenters. The summed E-state index contributed by atoms with van der Waals surface area (Å²) in [5, 5.41) is 0.400. The minimum absolute atomic E-state index is 0.185. The van der Waals surface area contributed by atoms with Crippen molar-refractivity contribution in [3.63, 3.8) is 0 Å². The van der Waals surface area contributed by atoms with E-state index in [9.17, 15) is 4.21 Å². The minimum atomic E-state index is -1.34. The molecule has 0 N–H and O–H groups in total. The van der Waals surface area contributed by atoms with E-state index in [-0.39, 0.29) is 11.7 Å². The molecule has 0 bridgehead atoms. The number of oxazole rings is 1. The summed E-state index contributed by atoms with van der Waals surface area (Å²) in [6.45, 7) is 4.97. The van der Waals surface area contributed by atoms with E-state index in [0.717, 1.165) is 5.76 Å². The number of rotatable bonds is 4. The third kappa shape index (κ3) is 2.98. The summed E-state index contributed by atoms with van der Waals surface area (Å²) in [6, 6.07) is 3.33. The van der Waals surface area contributed by atoms with Gasteiger partial charge in [-0.1, -0.05) is 25.4 Å². The van der Waals surface area contributed by atoms with E-state index in [0.29, 0.717) is 40.3 Å². The Balaban J connectivity index is 1.87. The largest absolute Gasteiger partial charge is 0.486 e. The Labute approximate surface area is 136 Å². The SMILES string of the molecule is CC(C)c1ocnc1C[S@](=O)c1cc2c(cc1Cl)OCCO2. The van der Waals surface area contributed by atoms with Gasteiger partial charge in [0.05, 0.1) is 32.2 Å². The molecule has 0 radical (unpaired) electrons. The lowest BCUT2D eigenvalue weighted by molar-refractivity contribution is 0.171. The molecule has 1 aromatic heterocycles. The van der Waals surface area contributed by atoms with E-state index >= 15 is 0 Å². The lowest BCUT2D eigenvalue weighted by Gasteiger charge is -2.19. The van der Waals surface area contributed by atoms with Crippen LogP contribution in [0.5, 0.6) is 11.5 Å². The Morgan fingerprint density at radius 2 is 1.95 bits per heavy atom. The number of halogens is 1. The molecule has 0 spiro atoms. The third-order valence-electron chi connectivity index (χ3n) is 3.31. The Bertz CT molecular complexity index is 714. The van der Waals surface area contributed by atoms with Gasteiger partial charge in [0.1, 0.15) is 19.0 Å². The first-order valence-electron chi connectivity index (χ1n) is 6.96. The van der Waals surface area contributed by atoms with Crippen LogP contribution < -0.4 is 9.47 Å². The Morgan fingerprint density at radius 1 is 1.27 bits per heavy atom. The number of hydrogen-bond donors (Lipinski definition) is 0. The van der Waals surface area contributed by atoms with Crippen molar-refractivity contribution in [1.82, 2.24) is 4.98 Å². The van der Waals surface area contributed by atoms with Gasteiger partial charge in [0.2, 0.25) is 0 Å². The van der Waals surface area contributed by atoms with Crippen LogP contribution in [0.25, 0.3) is 0 Å². The first kappa shape index (κ1) is 15.4. The molecule has 0 fully saturated rings. The Morgan fingerprint density at radius 3 is 2.64 bits per heavy atom. The molecule has 1 aliphatic heterocycles. The summed E-state index contributed by atoms with van der Waals surface area (Å²) >= 11 is 6.23. The van der Waals surface area contributed by atoms with Gasteiger partial charge in [-0.05, 0) is 0 Å². The van der Waals surface area contributed by atoms with Crippen LogP contribution >= 0.6 is 11.6 Å². The van der Waals surface area contributed by atoms with Gasteiger partial charge in [-0.15, -0.1) is 0 Å². The number of ether oxygens (including phenoxy) is 2. The number of aromatic nitrogens is 1. The van der Waals surface area contributed by atoms with Gasteiger partial charge in [0, 0.05) is 18.1 Å². The first-order valence-corrected chi connectivity index (χ1v) is 8.65. The molecule has 0 unspecified atom stereocenters. The molecule has 118 valence electrons. The van der Waals surface area contributed by atoms with Crippen molar-refractivity contribution in [1.29, 1.82) is 0 Å². The molecule has 0 aliphatic carbocycles. The lowest BCUT2D eigenvalue weighted by Crippen LogP contribution is -2.15. The Hall–Kier alpha value is -1.53. The van der Waals surface area contributed by atoms with Gasteiger partial charge >= 0.3 is 0 Å². The van der Waals surface area contributed by atoms with Crippen molar-refractivity contribution in [3.8, 4) is 11.5 Å². The summed E-state index contributed by atoms with van der Waals surface area (Å²) in [4.78, 5) is 4.68. The lowest BCUT2D eigenvalue weighted by atomic mass is 10.1. The fourth-order valence-electron chi connectivity index (χ4n) is 2.28.